The van der Waals surface area contributed by atoms with Gasteiger partial charge in [0.2, 0.25) is 0 Å². The quantitative estimate of drug-likeness (QED) is 0.684. The zero-order valence-corrected chi connectivity index (χ0v) is 17.5. The van der Waals surface area contributed by atoms with Crippen molar-refractivity contribution in [3.63, 3.8) is 0 Å². The molecule has 1 amide bonds. The van der Waals surface area contributed by atoms with E-state index in [-0.39, 0.29) is 6.09 Å². The van der Waals surface area contributed by atoms with Gasteiger partial charge in [-0.15, -0.1) is 0 Å². The van der Waals surface area contributed by atoms with Gasteiger partial charge in [0.05, 0.1) is 0 Å². The Morgan fingerprint density at radius 2 is 2.00 bits per heavy atom. The highest BCUT2D eigenvalue weighted by atomic mass is 79.9. The van der Waals surface area contributed by atoms with Crippen LogP contribution in [-0.2, 0) is 11.3 Å². The summed E-state index contributed by atoms with van der Waals surface area (Å²) in [5.74, 6) is 0. The maximum atomic E-state index is 12.3. The van der Waals surface area contributed by atoms with E-state index >= 15 is 0 Å². The molecule has 0 saturated carbocycles. The van der Waals surface area contributed by atoms with Gasteiger partial charge in [-0.1, -0.05) is 40.2 Å². The fraction of sp³-hybridized carbons (Fsp3) is 0.476. The Hall–Kier alpha value is -1.59. The van der Waals surface area contributed by atoms with Crippen molar-refractivity contribution in [3.05, 3.63) is 46.4 Å². The molecular weight excluding hydrogens is 392 g/mol. The highest BCUT2D eigenvalue weighted by molar-refractivity contribution is 9.10. The number of hydrogen-bond donors (Lipinski definition) is 0. The molecule has 2 aromatic rings. The topological polar surface area (TPSA) is 32.8 Å². The van der Waals surface area contributed by atoms with Crippen LogP contribution in [0.1, 0.15) is 33.3 Å². The van der Waals surface area contributed by atoms with Crippen LogP contribution >= 0.6 is 15.9 Å². The Morgan fingerprint density at radius 1 is 1.23 bits per heavy atom. The van der Waals surface area contributed by atoms with Gasteiger partial charge in [-0.25, -0.2) is 4.79 Å². The van der Waals surface area contributed by atoms with Crippen molar-refractivity contribution in [2.45, 2.75) is 45.9 Å². The van der Waals surface area contributed by atoms with E-state index in [0.717, 1.165) is 17.6 Å². The Bertz CT molecular complexity index is 800. The third kappa shape index (κ3) is 4.57. The van der Waals surface area contributed by atoms with Crippen LogP contribution in [0.4, 0.5) is 4.79 Å². The van der Waals surface area contributed by atoms with Gasteiger partial charge in [0.25, 0.3) is 0 Å². The van der Waals surface area contributed by atoms with E-state index in [0.29, 0.717) is 19.1 Å². The number of rotatable bonds is 2. The van der Waals surface area contributed by atoms with Crippen LogP contribution in [0.5, 0.6) is 0 Å². The Kier molecular flexibility index (Phi) is 5.58. The van der Waals surface area contributed by atoms with Gasteiger partial charge in [-0.2, -0.15) is 0 Å². The molecule has 1 aliphatic heterocycles. The maximum absolute atomic E-state index is 12.3. The number of amides is 1. The molecule has 0 aromatic heterocycles. The molecule has 5 heteroatoms. The summed E-state index contributed by atoms with van der Waals surface area (Å²) < 4.78 is 6.63. The molecule has 1 fully saturated rings. The summed E-state index contributed by atoms with van der Waals surface area (Å²) in [5.41, 5.74) is 0.852. The molecule has 1 atom stereocenters. The van der Waals surface area contributed by atoms with Crippen LogP contribution in [0.25, 0.3) is 10.8 Å². The van der Waals surface area contributed by atoms with E-state index in [4.69, 9.17) is 4.74 Å². The van der Waals surface area contributed by atoms with Gasteiger partial charge in [0.15, 0.2) is 0 Å². The van der Waals surface area contributed by atoms with Crippen LogP contribution < -0.4 is 0 Å². The molecule has 2 aromatic carbocycles. The second kappa shape index (κ2) is 7.57. The Balaban J connectivity index is 1.64. The summed E-state index contributed by atoms with van der Waals surface area (Å²) in [6, 6.07) is 13.2. The van der Waals surface area contributed by atoms with E-state index in [2.05, 4.69) is 64.2 Å². The van der Waals surface area contributed by atoms with Crippen molar-refractivity contribution in [2.75, 3.05) is 19.6 Å². The van der Waals surface area contributed by atoms with Crippen molar-refractivity contribution in [3.8, 4) is 0 Å². The van der Waals surface area contributed by atoms with Gasteiger partial charge in [0.1, 0.15) is 5.60 Å². The van der Waals surface area contributed by atoms with E-state index < -0.39 is 5.60 Å². The normalized spacial score (nSPS) is 19.0. The number of nitrogens with zero attached hydrogens (tertiary/aromatic N) is 2. The highest BCUT2D eigenvalue weighted by Crippen LogP contribution is 2.25. The molecule has 0 N–H and O–H groups in total. The molecule has 0 spiro atoms. The maximum Gasteiger partial charge on any atom is 0.410 e. The molecule has 4 nitrogen and oxygen atoms in total. The number of ether oxygens (including phenoxy) is 1. The van der Waals surface area contributed by atoms with Gasteiger partial charge >= 0.3 is 6.09 Å². The number of piperazine rings is 1. The van der Waals surface area contributed by atoms with Gasteiger partial charge in [-0.3, -0.25) is 4.90 Å². The van der Waals surface area contributed by atoms with E-state index in [1.54, 1.807) is 0 Å². The molecule has 26 heavy (non-hydrogen) atoms. The molecule has 1 heterocycles. The third-order valence-corrected chi connectivity index (χ3v) is 5.39. The highest BCUT2D eigenvalue weighted by Gasteiger charge is 2.29. The summed E-state index contributed by atoms with van der Waals surface area (Å²) in [4.78, 5) is 16.5. The molecule has 3 rings (SSSR count). The van der Waals surface area contributed by atoms with Crippen molar-refractivity contribution >= 4 is 32.8 Å². The number of benzene rings is 2. The van der Waals surface area contributed by atoms with Crippen LogP contribution in [0.2, 0.25) is 0 Å². The van der Waals surface area contributed by atoms with Crippen molar-refractivity contribution in [2.24, 2.45) is 0 Å². The largest absolute Gasteiger partial charge is 0.444 e. The zero-order chi connectivity index (χ0) is 18.9. The lowest BCUT2D eigenvalue weighted by atomic mass is 10.1. The lowest BCUT2D eigenvalue weighted by Gasteiger charge is -2.40. The Labute approximate surface area is 164 Å². The van der Waals surface area contributed by atoms with Crippen LogP contribution in [0, 0.1) is 0 Å². The van der Waals surface area contributed by atoms with Gasteiger partial charge in [-0.05, 0) is 56.2 Å². The first-order valence-electron chi connectivity index (χ1n) is 9.12. The number of hydrogen-bond acceptors (Lipinski definition) is 3. The average Bonchev–Trinajstić information content (AvgIpc) is 2.55. The lowest BCUT2D eigenvalue weighted by Crippen LogP contribution is -2.54. The molecule has 0 aliphatic carbocycles. The minimum Gasteiger partial charge on any atom is -0.444 e. The Morgan fingerprint density at radius 3 is 2.69 bits per heavy atom. The average molecular weight is 419 g/mol. The molecule has 1 saturated heterocycles. The number of halogens is 1. The minimum atomic E-state index is -0.448. The summed E-state index contributed by atoms with van der Waals surface area (Å²) in [7, 11) is 0. The van der Waals surface area contributed by atoms with Crippen LogP contribution in [-0.4, -0.2) is 47.2 Å². The van der Waals surface area contributed by atoms with E-state index in [1.165, 1.54) is 16.3 Å². The number of carbonyl (C=O) groups is 1. The van der Waals surface area contributed by atoms with Gasteiger partial charge in [0, 0.05) is 36.7 Å². The predicted octanol–water partition coefficient (Wildman–Crippen LogP) is 5.04. The van der Waals surface area contributed by atoms with E-state index in [9.17, 15) is 4.79 Å². The minimum absolute atomic E-state index is 0.209. The van der Waals surface area contributed by atoms with Crippen LogP contribution in [0.3, 0.4) is 0 Å². The summed E-state index contributed by atoms with van der Waals surface area (Å²) in [6.07, 6.45) is -0.209. The van der Waals surface area contributed by atoms with Gasteiger partial charge < -0.3 is 9.64 Å². The number of fused-ring (bicyclic) bond motifs is 1. The van der Waals surface area contributed by atoms with Crippen molar-refractivity contribution in [1.29, 1.82) is 0 Å². The molecular formula is C21H27BrN2O2. The van der Waals surface area contributed by atoms with Crippen LogP contribution in [0.15, 0.2) is 40.9 Å². The monoisotopic (exact) mass is 418 g/mol. The van der Waals surface area contributed by atoms with Crippen molar-refractivity contribution < 1.29 is 9.53 Å². The fourth-order valence-electron chi connectivity index (χ4n) is 3.35. The smallest absolute Gasteiger partial charge is 0.410 e. The summed E-state index contributed by atoms with van der Waals surface area (Å²) in [5, 5.41) is 2.48. The lowest BCUT2D eigenvalue weighted by molar-refractivity contribution is 0.00462. The standard InChI is InChI=1S/C21H27BrN2O2/c1-15-13-24(20(25)26-21(2,3)4)11-10-23(15)14-16-8-9-18-17(12-16)6-5-7-19(18)22/h5-9,12,15H,10-11,13-14H2,1-4H3/t15-/m1/s1. The van der Waals surface area contributed by atoms with Crippen molar-refractivity contribution in [1.82, 2.24) is 9.80 Å². The second-order valence-electron chi connectivity index (χ2n) is 8.04. The molecule has 0 bridgehead atoms. The van der Waals surface area contributed by atoms with E-state index in [1.807, 2.05) is 25.7 Å². The molecule has 0 unspecified atom stereocenters. The first-order chi connectivity index (χ1) is 12.2. The first-order valence-corrected chi connectivity index (χ1v) is 9.91. The molecule has 140 valence electrons. The number of carbonyl (C=O) groups excluding carboxylic acids is 1. The second-order valence-corrected chi connectivity index (χ2v) is 8.90. The fourth-order valence-corrected chi connectivity index (χ4v) is 3.86. The predicted molar refractivity (Wildman–Crippen MR) is 109 cm³/mol. The third-order valence-electron chi connectivity index (χ3n) is 4.69. The molecule has 0 radical (unpaired) electrons. The molecule has 1 aliphatic rings. The first kappa shape index (κ1) is 19.2. The zero-order valence-electron chi connectivity index (χ0n) is 16.0. The SMILES string of the molecule is C[C@@H]1CN(C(=O)OC(C)(C)C)CCN1Cc1ccc2c(Br)cccc2c1. The summed E-state index contributed by atoms with van der Waals surface area (Å²) >= 11 is 3.61. The summed E-state index contributed by atoms with van der Waals surface area (Å²) in [6.45, 7) is 11.1.